The zero-order valence-corrected chi connectivity index (χ0v) is 18.3. The molecule has 0 bridgehead atoms. The number of esters is 1. The summed E-state index contributed by atoms with van der Waals surface area (Å²) in [4.78, 5) is 36.9. The van der Waals surface area contributed by atoms with Gasteiger partial charge in [-0.25, -0.2) is 4.79 Å². The van der Waals surface area contributed by atoms with Crippen molar-refractivity contribution in [1.29, 1.82) is 5.41 Å². The van der Waals surface area contributed by atoms with E-state index in [1.165, 1.54) is 12.1 Å². The minimum Gasteiger partial charge on any atom is -0.493 e. The number of carbonyl (C=O) groups excluding carboxylic acids is 3. The number of benzene rings is 2. The van der Waals surface area contributed by atoms with Crippen molar-refractivity contribution in [2.75, 3.05) is 19.8 Å². The number of Topliss-reactive ketones (excluding diaryl/α,β-unsaturated/α-hetero) is 1. The van der Waals surface area contributed by atoms with E-state index in [1.54, 1.807) is 43.6 Å². The van der Waals surface area contributed by atoms with Crippen LogP contribution in [0.15, 0.2) is 36.4 Å². The van der Waals surface area contributed by atoms with Crippen LogP contribution in [0.3, 0.4) is 0 Å². The van der Waals surface area contributed by atoms with Crippen molar-refractivity contribution in [1.82, 2.24) is 10.8 Å². The third-order valence-electron chi connectivity index (χ3n) is 4.98. The summed E-state index contributed by atoms with van der Waals surface area (Å²) < 4.78 is 15.8. The zero-order valence-electron chi connectivity index (χ0n) is 18.3. The fraction of sp³-hybridized carbons (Fsp3) is 0.304. The molecule has 0 aromatic heterocycles. The highest BCUT2D eigenvalue weighted by Crippen LogP contribution is 2.32. The molecule has 10 heteroatoms. The van der Waals surface area contributed by atoms with E-state index in [1.807, 2.05) is 0 Å². The van der Waals surface area contributed by atoms with Gasteiger partial charge in [-0.2, -0.15) is 0 Å². The molecule has 0 saturated carbocycles. The first kappa shape index (κ1) is 23.7. The highest BCUT2D eigenvalue weighted by atomic mass is 16.6. The summed E-state index contributed by atoms with van der Waals surface area (Å²) in [6.45, 7) is 3.77. The van der Waals surface area contributed by atoms with Gasteiger partial charge in [0.05, 0.1) is 24.8 Å². The number of rotatable bonds is 10. The third kappa shape index (κ3) is 5.47. The molecule has 1 unspecified atom stereocenters. The second kappa shape index (κ2) is 10.6. The number of ketones is 1. The van der Waals surface area contributed by atoms with E-state index in [0.717, 1.165) is 0 Å². The number of hydrogen-bond donors (Lipinski definition) is 4. The Kier molecular flexibility index (Phi) is 7.62. The van der Waals surface area contributed by atoms with Gasteiger partial charge < -0.3 is 19.5 Å². The van der Waals surface area contributed by atoms with Crippen molar-refractivity contribution in [2.45, 2.75) is 26.3 Å². The molecule has 3 rings (SSSR count). The van der Waals surface area contributed by atoms with Crippen LogP contribution in [0.5, 0.6) is 11.5 Å². The van der Waals surface area contributed by atoms with Gasteiger partial charge in [-0.1, -0.05) is 6.07 Å². The Labute approximate surface area is 190 Å². The number of hydroxylamine groups is 1. The van der Waals surface area contributed by atoms with Gasteiger partial charge in [0.25, 0.3) is 5.91 Å². The van der Waals surface area contributed by atoms with Gasteiger partial charge in [-0.05, 0) is 43.7 Å². The SMILES string of the molecule is CCOC(=O)COc1ccc(C(=O)CC2NC(=O)c3ccc(C(=N)NO)cc32)c(OCC)c1. The van der Waals surface area contributed by atoms with Crippen molar-refractivity contribution < 1.29 is 33.8 Å². The minimum absolute atomic E-state index is 0.0365. The number of ether oxygens (including phenoxy) is 3. The van der Waals surface area contributed by atoms with E-state index in [4.69, 9.17) is 24.8 Å². The lowest BCUT2D eigenvalue weighted by atomic mass is 9.95. The van der Waals surface area contributed by atoms with Gasteiger partial charge >= 0.3 is 5.97 Å². The molecular formula is C23H25N3O7. The molecule has 0 radical (unpaired) electrons. The Morgan fingerprint density at radius 2 is 1.91 bits per heavy atom. The smallest absolute Gasteiger partial charge is 0.344 e. The van der Waals surface area contributed by atoms with Crippen LogP contribution < -0.4 is 20.3 Å². The Bertz CT molecular complexity index is 1080. The normalized spacial score (nSPS) is 14.2. The Balaban J connectivity index is 1.79. The maximum atomic E-state index is 13.1. The maximum absolute atomic E-state index is 13.1. The summed E-state index contributed by atoms with van der Waals surface area (Å²) in [6, 6.07) is 8.72. The van der Waals surface area contributed by atoms with E-state index in [0.29, 0.717) is 40.4 Å². The molecule has 2 aromatic rings. The fourth-order valence-corrected chi connectivity index (χ4v) is 3.49. The Hall–Kier alpha value is -3.92. The molecule has 0 aliphatic carbocycles. The molecule has 2 aromatic carbocycles. The summed E-state index contributed by atoms with van der Waals surface area (Å²) >= 11 is 0. The van der Waals surface area contributed by atoms with Crippen LogP contribution in [0, 0.1) is 5.41 Å². The van der Waals surface area contributed by atoms with Crippen molar-refractivity contribution in [3.05, 3.63) is 58.7 Å². The van der Waals surface area contributed by atoms with Gasteiger partial charge in [-0.15, -0.1) is 0 Å². The summed E-state index contributed by atoms with van der Waals surface area (Å²) in [5.41, 5.74) is 3.44. The molecule has 1 amide bonds. The van der Waals surface area contributed by atoms with E-state index in [-0.39, 0.29) is 37.2 Å². The molecule has 0 saturated heterocycles. The van der Waals surface area contributed by atoms with Crippen molar-refractivity contribution in [3.63, 3.8) is 0 Å². The highest BCUT2D eigenvalue weighted by Gasteiger charge is 2.31. The van der Waals surface area contributed by atoms with Gasteiger partial charge in [0.1, 0.15) is 17.3 Å². The second-order valence-corrected chi connectivity index (χ2v) is 7.13. The summed E-state index contributed by atoms with van der Waals surface area (Å²) in [7, 11) is 0. The Morgan fingerprint density at radius 1 is 1.12 bits per heavy atom. The van der Waals surface area contributed by atoms with Gasteiger partial charge in [0.2, 0.25) is 0 Å². The summed E-state index contributed by atoms with van der Waals surface area (Å²) in [6.07, 6.45) is -0.0365. The number of amides is 1. The van der Waals surface area contributed by atoms with Crippen LogP contribution in [-0.4, -0.2) is 48.5 Å². The lowest BCUT2D eigenvalue weighted by Gasteiger charge is -2.15. The molecule has 10 nitrogen and oxygen atoms in total. The molecule has 1 aliphatic heterocycles. The van der Waals surface area contributed by atoms with Gasteiger partial charge in [-0.3, -0.25) is 25.7 Å². The minimum atomic E-state index is -0.597. The first-order valence-corrected chi connectivity index (χ1v) is 10.4. The summed E-state index contributed by atoms with van der Waals surface area (Å²) in [5.74, 6) is -0.662. The van der Waals surface area contributed by atoms with Crippen LogP contribution in [0.1, 0.15) is 58.2 Å². The molecule has 1 heterocycles. The van der Waals surface area contributed by atoms with E-state index < -0.39 is 12.0 Å². The van der Waals surface area contributed by atoms with E-state index in [2.05, 4.69) is 5.32 Å². The van der Waals surface area contributed by atoms with Crippen LogP contribution in [-0.2, 0) is 9.53 Å². The number of carbonyl (C=O) groups is 3. The molecule has 0 spiro atoms. The molecule has 4 N–H and O–H groups in total. The standard InChI is InChI=1S/C23H25N3O7/c1-3-31-20-10-14(33-12-21(28)32-4-2)6-8-16(20)19(27)11-18-17-9-13(22(24)26-30)5-7-15(17)23(29)25-18/h5-10,18,30H,3-4,11-12H2,1-2H3,(H2,24,26)(H,25,29). The first-order valence-electron chi connectivity index (χ1n) is 10.4. The van der Waals surface area contributed by atoms with E-state index >= 15 is 0 Å². The number of amidine groups is 1. The maximum Gasteiger partial charge on any atom is 0.344 e. The molecule has 0 fully saturated rings. The van der Waals surface area contributed by atoms with Crippen LogP contribution in [0.25, 0.3) is 0 Å². The van der Waals surface area contributed by atoms with Crippen molar-refractivity contribution >= 4 is 23.5 Å². The van der Waals surface area contributed by atoms with Crippen molar-refractivity contribution in [3.8, 4) is 11.5 Å². The average molecular weight is 455 g/mol. The first-order chi connectivity index (χ1) is 15.9. The van der Waals surface area contributed by atoms with Crippen molar-refractivity contribution in [2.24, 2.45) is 0 Å². The lowest BCUT2D eigenvalue weighted by molar-refractivity contribution is -0.145. The largest absolute Gasteiger partial charge is 0.493 e. The predicted molar refractivity (Wildman–Crippen MR) is 117 cm³/mol. The third-order valence-corrected chi connectivity index (χ3v) is 4.98. The Morgan fingerprint density at radius 3 is 2.61 bits per heavy atom. The van der Waals surface area contributed by atoms with Gasteiger partial charge in [0.15, 0.2) is 12.4 Å². The monoisotopic (exact) mass is 455 g/mol. The highest BCUT2D eigenvalue weighted by molar-refractivity contribution is 6.04. The quantitative estimate of drug-likeness (QED) is 0.140. The topological polar surface area (TPSA) is 147 Å². The van der Waals surface area contributed by atoms with Gasteiger partial charge in [0, 0.05) is 23.6 Å². The molecule has 1 atom stereocenters. The van der Waals surface area contributed by atoms with Crippen LogP contribution in [0.4, 0.5) is 0 Å². The molecule has 33 heavy (non-hydrogen) atoms. The molecule has 1 aliphatic rings. The van der Waals surface area contributed by atoms with Crippen LogP contribution in [0.2, 0.25) is 0 Å². The number of nitrogens with one attached hydrogen (secondary N) is 3. The number of fused-ring (bicyclic) bond motifs is 1. The fourth-order valence-electron chi connectivity index (χ4n) is 3.49. The van der Waals surface area contributed by atoms with Crippen LogP contribution >= 0.6 is 0 Å². The number of hydrogen-bond acceptors (Lipinski definition) is 8. The lowest BCUT2D eigenvalue weighted by Crippen LogP contribution is -2.22. The van der Waals surface area contributed by atoms with E-state index in [9.17, 15) is 14.4 Å². The molecular weight excluding hydrogens is 430 g/mol. The zero-order chi connectivity index (χ0) is 24.0. The summed E-state index contributed by atoms with van der Waals surface area (Å²) in [5, 5.41) is 19.5. The second-order valence-electron chi connectivity index (χ2n) is 7.13. The molecule has 174 valence electrons. The predicted octanol–water partition coefficient (Wildman–Crippen LogP) is 2.39. The average Bonchev–Trinajstić information content (AvgIpc) is 3.12.